The zero-order chi connectivity index (χ0) is 24.8. The Hall–Kier alpha value is -2.31. The molecule has 0 saturated heterocycles. The molecule has 0 aliphatic carbocycles. The first-order valence-electron chi connectivity index (χ1n) is 10.6. The second-order valence-electron chi connectivity index (χ2n) is 7.58. The van der Waals surface area contributed by atoms with Crippen LogP contribution in [-0.2, 0) is 20.0 Å². The summed E-state index contributed by atoms with van der Waals surface area (Å²) >= 11 is 0. The van der Waals surface area contributed by atoms with E-state index in [-0.39, 0.29) is 21.9 Å². The van der Waals surface area contributed by atoms with Gasteiger partial charge in [-0.2, -0.15) is 4.31 Å². The van der Waals surface area contributed by atoms with Gasteiger partial charge in [-0.05, 0) is 55.8 Å². The summed E-state index contributed by atoms with van der Waals surface area (Å²) in [4.78, 5) is 12.8. The number of rotatable bonds is 11. The molecule has 33 heavy (non-hydrogen) atoms. The molecule has 2 rings (SSSR count). The number of hydrogen-bond acceptors (Lipinski definition) is 6. The Morgan fingerprint density at radius 1 is 0.909 bits per heavy atom. The van der Waals surface area contributed by atoms with Crippen molar-refractivity contribution in [2.45, 2.75) is 49.6 Å². The first kappa shape index (κ1) is 26.9. The maximum absolute atomic E-state index is 12.6. The number of sulfonamides is 2. The summed E-state index contributed by atoms with van der Waals surface area (Å²) in [5, 5.41) is 12.1. The van der Waals surface area contributed by atoms with Crippen molar-refractivity contribution in [1.29, 1.82) is 0 Å². The molecule has 0 saturated carbocycles. The van der Waals surface area contributed by atoms with E-state index in [1.165, 1.54) is 47.6 Å². The summed E-state index contributed by atoms with van der Waals surface area (Å²) in [6.07, 6.45) is -0.822. The summed E-state index contributed by atoms with van der Waals surface area (Å²) < 4.78 is 53.2. The Morgan fingerprint density at radius 3 is 1.91 bits per heavy atom. The summed E-state index contributed by atoms with van der Waals surface area (Å²) in [5.41, 5.74) is 1.00. The normalized spacial score (nSPS) is 14.1. The van der Waals surface area contributed by atoms with Crippen LogP contribution in [-0.4, -0.2) is 57.9 Å². The molecular formula is C22H31N3O6S2. The molecule has 9 nitrogen and oxygen atoms in total. The van der Waals surface area contributed by atoms with Crippen LogP contribution in [0.25, 0.3) is 0 Å². The molecule has 0 spiro atoms. The lowest BCUT2D eigenvalue weighted by molar-refractivity contribution is 0.0939. The number of hydrogen-bond donors (Lipinski definition) is 3. The van der Waals surface area contributed by atoms with Crippen molar-refractivity contribution < 1.29 is 26.7 Å². The zero-order valence-corrected chi connectivity index (χ0v) is 20.8. The van der Waals surface area contributed by atoms with E-state index in [2.05, 4.69) is 10.0 Å². The van der Waals surface area contributed by atoms with Gasteiger partial charge < -0.3 is 10.4 Å². The summed E-state index contributed by atoms with van der Waals surface area (Å²) in [6.45, 7) is 7.44. The summed E-state index contributed by atoms with van der Waals surface area (Å²) in [6, 6.07) is 11.4. The Labute approximate surface area is 195 Å². The largest absolute Gasteiger partial charge is 0.392 e. The highest BCUT2D eigenvalue weighted by Crippen LogP contribution is 2.20. The van der Waals surface area contributed by atoms with Gasteiger partial charge >= 0.3 is 0 Å². The minimum atomic E-state index is -3.78. The van der Waals surface area contributed by atoms with Crippen LogP contribution in [0.1, 0.15) is 49.7 Å². The van der Waals surface area contributed by atoms with E-state index in [1.54, 1.807) is 32.9 Å². The van der Waals surface area contributed by atoms with Gasteiger partial charge in [0, 0.05) is 25.2 Å². The number of carbonyl (C=O) groups excluding carboxylic acids is 1. The second kappa shape index (κ2) is 11.2. The van der Waals surface area contributed by atoms with Crippen LogP contribution >= 0.6 is 0 Å². The Balaban J connectivity index is 2.08. The quantitative estimate of drug-likeness (QED) is 0.434. The molecule has 2 aromatic carbocycles. The van der Waals surface area contributed by atoms with Crippen LogP contribution in [0.5, 0.6) is 0 Å². The van der Waals surface area contributed by atoms with Crippen LogP contribution in [0.2, 0.25) is 0 Å². The standard InChI is InChI=1S/C22H31N3O6S2/c1-5-25(6-2)33(30,31)21-13-7-18(8-14-21)17(4)24-22(27)19-9-11-20(12-10-19)32(28,29)23-15-16(3)26/h7-14,16-17,23,26H,5-6,15H2,1-4H3,(H,24,27). The van der Waals surface area contributed by atoms with Gasteiger partial charge in [-0.15, -0.1) is 0 Å². The van der Waals surface area contributed by atoms with Gasteiger partial charge in [0.15, 0.2) is 0 Å². The Bertz CT molecular complexity index is 1140. The van der Waals surface area contributed by atoms with E-state index in [0.717, 1.165) is 5.56 Å². The van der Waals surface area contributed by atoms with Crippen molar-refractivity contribution in [3.05, 3.63) is 59.7 Å². The van der Waals surface area contributed by atoms with E-state index < -0.39 is 38.1 Å². The Kier molecular flexibility index (Phi) is 9.15. The second-order valence-corrected chi connectivity index (χ2v) is 11.3. The van der Waals surface area contributed by atoms with Crippen molar-refractivity contribution in [3.8, 4) is 0 Å². The van der Waals surface area contributed by atoms with Crippen molar-refractivity contribution in [3.63, 3.8) is 0 Å². The highest BCUT2D eigenvalue weighted by molar-refractivity contribution is 7.89. The first-order valence-corrected chi connectivity index (χ1v) is 13.5. The van der Waals surface area contributed by atoms with E-state index in [4.69, 9.17) is 0 Å². The van der Waals surface area contributed by atoms with Gasteiger partial charge in [0.05, 0.1) is 21.9 Å². The topological polar surface area (TPSA) is 133 Å². The van der Waals surface area contributed by atoms with Gasteiger partial charge in [-0.1, -0.05) is 26.0 Å². The highest BCUT2D eigenvalue weighted by atomic mass is 32.2. The van der Waals surface area contributed by atoms with Crippen molar-refractivity contribution >= 4 is 26.0 Å². The smallest absolute Gasteiger partial charge is 0.251 e. The van der Waals surface area contributed by atoms with E-state index >= 15 is 0 Å². The van der Waals surface area contributed by atoms with Crippen LogP contribution in [0, 0.1) is 0 Å². The third kappa shape index (κ3) is 6.84. The number of benzene rings is 2. The van der Waals surface area contributed by atoms with E-state index in [1.807, 2.05) is 0 Å². The first-order chi connectivity index (χ1) is 15.4. The molecule has 11 heteroatoms. The minimum Gasteiger partial charge on any atom is -0.392 e. The number of aliphatic hydroxyl groups excluding tert-OH is 1. The lowest BCUT2D eigenvalue weighted by atomic mass is 10.1. The van der Waals surface area contributed by atoms with E-state index in [9.17, 15) is 26.7 Å². The molecular weight excluding hydrogens is 466 g/mol. The van der Waals surface area contributed by atoms with Crippen molar-refractivity contribution in [2.24, 2.45) is 0 Å². The minimum absolute atomic E-state index is 0.0160. The fourth-order valence-electron chi connectivity index (χ4n) is 3.10. The van der Waals surface area contributed by atoms with Crippen molar-refractivity contribution in [1.82, 2.24) is 14.3 Å². The lowest BCUT2D eigenvalue weighted by Crippen LogP contribution is -2.31. The van der Waals surface area contributed by atoms with Gasteiger partial charge in [0.25, 0.3) is 5.91 Å². The predicted octanol–water partition coefficient (Wildman–Crippen LogP) is 1.87. The monoisotopic (exact) mass is 497 g/mol. The van der Waals surface area contributed by atoms with Gasteiger partial charge in [-0.25, -0.2) is 21.6 Å². The number of amides is 1. The van der Waals surface area contributed by atoms with Crippen molar-refractivity contribution in [2.75, 3.05) is 19.6 Å². The van der Waals surface area contributed by atoms with Crippen LogP contribution in [0.15, 0.2) is 58.3 Å². The van der Waals surface area contributed by atoms with Crippen LogP contribution < -0.4 is 10.0 Å². The zero-order valence-electron chi connectivity index (χ0n) is 19.1. The summed E-state index contributed by atoms with van der Waals surface area (Å²) in [7, 11) is -7.34. The van der Waals surface area contributed by atoms with Gasteiger partial charge in [-0.3, -0.25) is 4.79 Å². The molecule has 1 amide bonds. The maximum atomic E-state index is 12.6. The number of nitrogens with one attached hydrogen (secondary N) is 2. The maximum Gasteiger partial charge on any atom is 0.251 e. The fraction of sp³-hybridized carbons (Fsp3) is 0.409. The predicted molar refractivity (Wildman–Crippen MR) is 126 cm³/mol. The SMILES string of the molecule is CCN(CC)S(=O)(=O)c1ccc(C(C)NC(=O)c2ccc(S(=O)(=O)NCC(C)O)cc2)cc1. The average Bonchev–Trinajstić information content (AvgIpc) is 2.78. The molecule has 2 atom stereocenters. The van der Waals surface area contributed by atoms with E-state index in [0.29, 0.717) is 13.1 Å². The third-order valence-corrected chi connectivity index (χ3v) is 8.57. The van der Waals surface area contributed by atoms with Gasteiger partial charge in [0.2, 0.25) is 20.0 Å². The molecule has 0 bridgehead atoms. The highest BCUT2D eigenvalue weighted by Gasteiger charge is 2.22. The molecule has 0 radical (unpaired) electrons. The average molecular weight is 498 g/mol. The number of aliphatic hydroxyl groups is 1. The molecule has 0 heterocycles. The molecule has 0 aliphatic heterocycles. The number of nitrogens with zero attached hydrogens (tertiary/aromatic N) is 1. The van der Waals surface area contributed by atoms with Gasteiger partial charge in [0.1, 0.15) is 0 Å². The third-order valence-electron chi connectivity index (χ3n) is 5.07. The fourth-order valence-corrected chi connectivity index (χ4v) is 5.68. The number of carbonyl (C=O) groups is 1. The molecule has 2 unspecified atom stereocenters. The lowest BCUT2D eigenvalue weighted by Gasteiger charge is -2.19. The molecule has 182 valence electrons. The summed E-state index contributed by atoms with van der Waals surface area (Å²) in [5.74, 6) is -0.400. The van der Waals surface area contributed by atoms with Crippen LogP contribution in [0.4, 0.5) is 0 Å². The molecule has 0 aliphatic rings. The molecule has 0 fully saturated rings. The van der Waals surface area contributed by atoms with Crippen LogP contribution in [0.3, 0.4) is 0 Å². The Morgan fingerprint density at radius 2 is 1.42 bits per heavy atom. The molecule has 0 aromatic heterocycles. The molecule has 2 aromatic rings. The molecule has 3 N–H and O–H groups in total.